The summed E-state index contributed by atoms with van der Waals surface area (Å²) in [5.41, 5.74) is 6.44. The SMILES string of the molecule is NC(=O)c1conc1C1CCCCC1. The van der Waals surface area contributed by atoms with Crippen molar-refractivity contribution in [3.8, 4) is 0 Å². The zero-order valence-corrected chi connectivity index (χ0v) is 8.03. The van der Waals surface area contributed by atoms with Crippen molar-refractivity contribution in [2.24, 2.45) is 5.73 Å². The van der Waals surface area contributed by atoms with Crippen molar-refractivity contribution < 1.29 is 9.32 Å². The lowest BCUT2D eigenvalue weighted by atomic mass is 9.85. The van der Waals surface area contributed by atoms with Crippen LogP contribution in [0.1, 0.15) is 54.1 Å². The fourth-order valence-corrected chi connectivity index (χ4v) is 2.10. The van der Waals surface area contributed by atoms with Gasteiger partial charge < -0.3 is 10.3 Å². The van der Waals surface area contributed by atoms with Crippen LogP contribution in [-0.2, 0) is 0 Å². The number of aromatic nitrogens is 1. The molecule has 0 aliphatic heterocycles. The summed E-state index contributed by atoms with van der Waals surface area (Å²) in [6.07, 6.45) is 7.22. The molecule has 0 bridgehead atoms. The number of nitrogens with two attached hydrogens (primary N) is 1. The molecule has 1 aromatic rings. The van der Waals surface area contributed by atoms with E-state index in [-0.39, 0.29) is 0 Å². The molecule has 0 aromatic carbocycles. The minimum absolute atomic E-state index is 0.366. The van der Waals surface area contributed by atoms with Gasteiger partial charge in [-0.25, -0.2) is 0 Å². The van der Waals surface area contributed by atoms with Crippen LogP contribution >= 0.6 is 0 Å². The molecule has 0 atom stereocenters. The van der Waals surface area contributed by atoms with Gasteiger partial charge in [-0.05, 0) is 12.8 Å². The van der Waals surface area contributed by atoms with Crippen molar-refractivity contribution in [3.63, 3.8) is 0 Å². The number of primary amides is 1. The van der Waals surface area contributed by atoms with Crippen molar-refractivity contribution >= 4 is 5.91 Å². The van der Waals surface area contributed by atoms with Crippen LogP contribution in [0.15, 0.2) is 10.8 Å². The van der Waals surface area contributed by atoms with Crippen LogP contribution in [0.5, 0.6) is 0 Å². The van der Waals surface area contributed by atoms with Gasteiger partial charge in [0.2, 0.25) is 0 Å². The summed E-state index contributed by atoms with van der Waals surface area (Å²) in [5, 5.41) is 3.89. The first-order valence-corrected chi connectivity index (χ1v) is 5.03. The zero-order valence-electron chi connectivity index (χ0n) is 8.03. The molecular formula is C10H14N2O2. The molecule has 4 heteroatoms. The first kappa shape index (κ1) is 9.24. The van der Waals surface area contributed by atoms with Crippen LogP contribution in [-0.4, -0.2) is 11.1 Å². The molecular weight excluding hydrogens is 180 g/mol. The third-order valence-electron chi connectivity index (χ3n) is 2.85. The average molecular weight is 194 g/mol. The van der Waals surface area contributed by atoms with Gasteiger partial charge in [0, 0.05) is 5.92 Å². The highest BCUT2D eigenvalue weighted by Gasteiger charge is 2.23. The molecule has 1 amide bonds. The average Bonchev–Trinajstić information content (AvgIpc) is 2.67. The molecule has 1 fully saturated rings. The van der Waals surface area contributed by atoms with Crippen molar-refractivity contribution in [1.29, 1.82) is 0 Å². The highest BCUT2D eigenvalue weighted by Crippen LogP contribution is 2.33. The molecule has 0 unspecified atom stereocenters. The standard InChI is InChI=1S/C10H14N2O2/c11-10(13)8-6-14-12-9(8)7-4-2-1-3-5-7/h6-7H,1-5H2,(H2,11,13). The Bertz CT molecular complexity index is 327. The first-order chi connectivity index (χ1) is 6.79. The van der Waals surface area contributed by atoms with Crippen LogP contribution in [0.25, 0.3) is 0 Å². The minimum atomic E-state index is -0.438. The van der Waals surface area contributed by atoms with Gasteiger partial charge in [0.15, 0.2) is 0 Å². The molecule has 2 rings (SSSR count). The fraction of sp³-hybridized carbons (Fsp3) is 0.600. The maximum Gasteiger partial charge on any atom is 0.253 e. The molecule has 2 N–H and O–H groups in total. The second-order valence-electron chi connectivity index (χ2n) is 3.81. The molecule has 0 saturated heterocycles. The van der Waals surface area contributed by atoms with Gasteiger partial charge in [-0.1, -0.05) is 24.4 Å². The first-order valence-electron chi connectivity index (χ1n) is 5.03. The van der Waals surface area contributed by atoms with E-state index in [1.807, 2.05) is 0 Å². The van der Waals surface area contributed by atoms with Gasteiger partial charge in [-0.15, -0.1) is 0 Å². The highest BCUT2D eigenvalue weighted by molar-refractivity contribution is 5.93. The Morgan fingerprint density at radius 1 is 1.43 bits per heavy atom. The lowest BCUT2D eigenvalue weighted by Crippen LogP contribution is -2.15. The van der Waals surface area contributed by atoms with Gasteiger partial charge in [0.25, 0.3) is 5.91 Å². The summed E-state index contributed by atoms with van der Waals surface area (Å²) in [7, 11) is 0. The molecule has 1 aliphatic rings. The van der Waals surface area contributed by atoms with E-state index in [1.54, 1.807) is 0 Å². The summed E-state index contributed by atoms with van der Waals surface area (Å²) in [6.45, 7) is 0. The number of hydrogen-bond donors (Lipinski definition) is 1. The third-order valence-corrected chi connectivity index (χ3v) is 2.85. The van der Waals surface area contributed by atoms with Crippen molar-refractivity contribution in [3.05, 3.63) is 17.5 Å². The summed E-state index contributed by atoms with van der Waals surface area (Å²) in [6, 6.07) is 0. The molecule has 1 aromatic heterocycles. The van der Waals surface area contributed by atoms with E-state index in [9.17, 15) is 4.79 Å². The molecule has 1 saturated carbocycles. The summed E-state index contributed by atoms with van der Waals surface area (Å²) in [4.78, 5) is 11.0. The molecule has 0 radical (unpaired) electrons. The van der Waals surface area contributed by atoms with E-state index in [2.05, 4.69) is 5.16 Å². The minimum Gasteiger partial charge on any atom is -0.365 e. The van der Waals surface area contributed by atoms with Crippen LogP contribution in [0, 0.1) is 0 Å². The summed E-state index contributed by atoms with van der Waals surface area (Å²) >= 11 is 0. The Balaban J connectivity index is 2.21. The maximum absolute atomic E-state index is 11.0. The van der Waals surface area contributed by atoms with Crippen molar-refractivity contribution in [2.45, 2.75) is 38.0 Å². The van der Waals surface area contributed by atoms with Crippen LogP contribution in [0.4, 0.5) is 0 Å². The number of amides is 1. The van der Waals surface area contributed by atoms with Crippen LogP contribution in [0.3, 0.4) is 0 Å². The van der Waals surface area contributed by atoms with Gasteiger partial charge in [-0.2, -0.15) is 0 Å². The number of carbonyl (C=O) groups is 1. The second kappa shape index (κ2) is 3.82. The normalized spacial score (nSPS) is 18.3. The fourth-order valence-electron chi connectivity index (χ4n) is 2.10. The van der Waals surface area contributed by atoms with E-state index in [0.29, 0.717) is 11.5 Å². The van der Waals surface area contributed by atoms with Crippen LogP contribution in [0.2, 0.25) is 0 Å². The van der Waals surface area contributed by atoms with Gasteiger partial charge in [0.1, 0.15) is 11.8 Å². The Labute approximate surface area is 82.4 Å². The van der Waals surface area contributed by atoms with Gasteiger partial charge in [0.05, 0.1) is 5.69 Å². The summed E-state index contributed by atoms with van der Waals surface area (Å²) < 4.78 is 4.81. The predicted molar refractivity (Wildman–Crippen MR) is 50.8 cm³/mol. The predicted octanol–water partition coefficient (Wildman–Crippen LogP) is 1.82. The van der Waals surface area contributed by atoms with Crippen molar-refractivity contribution in [2.75, 3.05) is 0 Å². The van der Waals surface area contributed by atoms with E-state index in [0.717, 1.165) is 18.5 Å². The molecule has 14 heavy (non-hydrogen) atoms. The molecule has 4 nitrogen and oxygen atoms in total. The number of nitrogens with zero attached hydrogens (tertiary/aromatic N) is 1. The summed E-state index contributed by atoms with van der Waals surface area (Å²) in [5.74, 6) is -0.0724. The number of rotatable bonds is 2. The Kier molecular flexibility index (Phi) is 2.52. The third kappa shape index (κ3) is 1.64. The quantitative estimate of drug-likeness (QED) is 0.780. The van der Waals surface area contributed by atoms with Gasteiger partial charge >= 0.3 is 0 Å². The van der Waals surface area contributed by atoms with E-state index in [4.69, 9.17) is 10.3 Å². The second-order valence-corrected chi connectivity index (χ2v) is 3.81. The van der Waals surface area contributed by atoms with Crippen molar-refractivity contribution in [1.82, 2.24) is 5.16 Å². The number of carbonyl (C=O) groups excluding carboxylic acids is 1. The molecule has 76 valence electrons. The van der Waals surface area contributed by atoms with E-state index < -0.39 is 5.91 Å². The molecule has 1 heterocycles. The molecule has 0 spiro atoms. The lowest BCUT2D eigenvalue weighted by Gasteiger charge is -2.19. The Morgan fingerprint density at radius 3 is 2.79 bits per heavy atom. The largest absolute Gasteiger partial charge is 0.365 e. The monoisotopic (exact) mass is 194 g/mol. The zero-order chi connectivity index (χ0) is 9.97. The number of hydrogen-bond acceptors (Lipinski definition) is 3. The van der Waals surface area contributed by atoms with Gasteiger partial charge in [-0.3, -0.25) is 4.79 Å². The topological polar surface area (TPSA) is 69.1 Å². The smallest absolute Gasteiger partial charge is 0.253 e. The highest BCUT2D eigenvalue weighted by atomic mass is 16.5. The maximum atomic E-state index is 11.0. The van der Waals surface area contributed by atoms with E-state index >= 15 is 0 Å². The Morgan fingerprint density at radius 2 is 2.14 bits per heavy atom. The lowest BCUT2D eigenvalue weighted by molar-refractivity contribution is 0.0998. The Hall–Kier alpha value is -1.32. The molecule has 1 aliphatic carbocycles. The van der Waals surface area contributed by atoms with E-state index in [1.165, 1.54) is 25.5 Å². The van der Waals surface area contributed by atoms with Crippen LogP contribution < -0.4 is 5.73 Å².